The molecule has 1 aromatic carbocycles. The number of anilines is 1. The molecule has 124 valence electrons. The van der Waals surface area contributed by atoms with Gasteiger partial charge in [-0.3, -0.25) is 0 Å². The van der Waals surface area contributed by atoms with Crippen LogP contribution in [0.2, 0.25) is 0 Å². The predicted octanol–water partition coefficient (Wildman–Crippen LogP) is 2.92. The summed E-state index contributed by atoms with van der Waals surface area (Å²) in [6.07, 6.45) is 1.10. The zero-order valence-corrected chi connectivity index (χ0v) is 13.5. The molecule has 0 aliphatic carbocycles. The van der Waals surface area contributed by atoms with Crippen molar-refractivity contribution in [3.05, 3.63) is 29.8 Å². The van der Waals surface area contributed by atoms with E-state index in [0.717, 1.165) is 12.5 Å². The number of nitrogens with zero attached hydrogens (tertiary/aromatic N) is 1. The lowest BCUT2D eigenvalue weighted by Gasteiger charge is -2.40. The molecular formula is C17H26F2N2O. The summed E-state index contributed by atoms with van der Waals surface area (Å²) in [7, 11) is 0. The summed E-state index contributed by atoms with van der Waals surface area (Å²) in [5.74, 6) is -1.45. The highest BCUT2D eigenvalue weighted by Crippen LogP contribution is 2.30. The lowest BCUT2D eigenvalue weighted by molar-refractivity contribution is 0.0381. The van der Waals surface area contributed by atoms with Crippen LogP contribution in [0.25, 0.3) is 0 Å². The fourth-order valence-corrected chi connectivity index (χ4v) is 2.98. The van der Waals surface area contributed by atoms with Gasteiger partial charge < -0.3 is 15.7 Å². The Morgan fingerprint density at radius 1 is 1.27 bits per heavy atom. The van der Waals surface area contributed by atoms with Gasteiger partial charge in [-0.05, 0) is 36.3 Å². The number of aliphatic hydroxyl groups excluding tert-OH is 1. The van der Waals surface area contributed by atoms with E-state index in [4.69, 9.17) is 5.73 Å². The quantitative estimate of drug-likeness (QED) is 0.902. The van der Waals surface area contributed by atoms with E-state index in [1.807, 2.05) is 25.7 Å². The van der Waals surface area contributed by atoms with Gasteiger partial charge >= 0.3 is 0 Å². The van der Waals surface area contributed by atoms with E-state index in [-0.39, 0.29) is 17.4 Å². The number of rotatable bonds is 3. The molecule has 22 heavy (non-hydrogen) atoms. The molecule has 3 unspecified atom stereocenters. The minimum Gasteiger partial charge on any atom is -0.393 e. The summed E-state index contributed by atoms with van der Waals surface area (Å²) >= 11 is 0. The van der Waals surface area contributed by atoms with Gasteiger partial charge in [-0.25, -0.2) is 8.78 Å². The van der Waals surface area contributed by atoms with E-state index in [1.165, 1.54) is 6.07 Å². The first kappa shape index (κ1) is 17.2. The summed E-state index contributed by atoms with van der Waals surface area (Å²) in [6, 6.07) is 3.90. The van der Waals surface area contributed by atoms with Crippen molar-refractivity contribution in [1.29, 1.82) is 0 Å². The van der Waals surface area contributed by atoms with Gasteiger partial charge in [0.05, 0.1) is 6.10 Å². The van der Waals surface area contributed by atoms with E-state index < -0.39 is 17.7 Å². The second kappa shape index (κ2) is 6.50. The first-order chi connectivity index (χ1) is 10.2. The van der Waals surface area contributed by atoms with Crippen LogP contribution >= 0.6 is 0 Å². The monoisotopic (exact) mass is 312 g/mol. The molecule has 0 aromatic heterocycles. The minimum atomic E-state index is -0.845. The van der Waals surface area contributed by atoms with E-state index >= 15 is 0 Å². The zero-order valence-electron chi connectivity index (χ0n) is 13.5. The van der Waals surface area contributed by atoms with Crippen LogP contribution in [0.15, 0.2) is 18.2 Å². The Bertz CT molecular complexity index is 516. The zero-order chi connectivity index (χ0) is 16.5. The summed E-state index contributed by atoms with van der Waals surface area (Å²) < 4.78 is 26.5. The molecule has 3 nitrogen and oxygen atoms in total. The standard InChI is InChI=1S/C17H26F2N2O/c1-17(2,3)16(22)7-11-6-12(20)10-21(9-11)13-4-5-14(18)15(19)8-13/h4-5,8,11-12,16,22H,6-7,9-10,20H2,1-3H3. The van der Waals surface area contributed by atoms with Gasteiger partial charge in [0, 0.05) is 30.9 Å². The van der Waals surface area contributed by atoms with Gasteiger partial charge in [-0.2, -0.15) is 0 Å². The SMILES string of the molecule is CC(C)(C)C(O)CC1CC(N)CN(c2ccc(F)c(F)c2)C1. The maximum absolute atomic E-state index is 13.4. The number of hydrogen-bond acceptors (Lipinski definition) is 3. The molecule has 3 N–H and O–H groups in total. The first-order valence-electron chi connectivity index (χ1n) is 7.80. The van der Waals surface area contributed by atoms with Crippen LogP contribution in [0.4, 0.5) is 14.5 Å². The highest BCUT2D eigenvalue weighted by molar-refractivity contribution is 5.47. The molecule has 0 radical (unpaired) electrons. The van der Waals surface area contributed by atoms with E-state index in [1.54, 1.807) is 6.07 Å². The summed E-state index contributed by atoms with van der Waals surface area (Å²) in [5, 5.41) is 10.3. The smallest absolute Gasteiger partial charge is 0.160 e. The largest absolute Gasteiger partial charge is 0.393 e. The van der Waals surface area contributed by atoms with Crippen molar-refractivity contribution in [3.63, 3.8) is 0 Å². The molecule has 1 fully saturated rings. The Morgan fingerprint density at radius 2 is 1.95 bits per heavy atom. The molecule has 1 aliphatic heterocycles. The second-order valence-electron chi connectivity index (χ2n) is 7.48. The van der Waals surface area contributed by atoms with Crippen LogP contribution in [0, 0.1) is 23.0 Å². The van der Waals surface area contributed by atoms with Crippen LogP contribution in [0.3, 0.4) is 0 Å². The van der Waals surface area contributed by atoms with E-state index in [9.17, 15) is 13.9 Å². The number of hydrogen-bond donors (Lipinski definition) is 2. The van der Waals surface area contributed by atoms with Crippen molar-refractivity contribution < 1.29 is 13.9 Å². The molecular weight excluding hydrogens is 286 g/mol. The Labute approximate surface area is 131 Å². The highest BCUT2D eigenvalue weighted by Gasteiger charge is 2.31. The molecule has 5 heteroatoms. The lowest BCUT2D eigenvalue weighted by atomic mass is 9.80. The number of nitrogens with two attached hydrogens (primary N) is 1. The van der Waals surface area contributed by atoms with Gasteiger partial charge in [-0.1, -0.05) is 20.8 Å². The Balaban J connectivity index is 2.09. The topological polar surface area (TPSA) is 49.5 Å². The average Bonchev–Trinajstić information content (AvgIpc) is 2.40. The fraction of sp³-hybridized carbons (Fsp3) is 0.647. The molecule has 0 spiro atoms. The fourth-order valence-electron chi connectivity index (χ4n) is 2.98. The highest BCUT2D eigenvalue weighted by atomic mass is 19.2. The third-order valence-corrected chi connectivity index (χ3v) is 4.39. The van der Waals surface area contributed by atoms with Crippen molar-refractivity contribution in [1.82, 2.24) is 0 Å². The Morgan fingerprint density at radius 3 is 2.55 bits per heavy atom. The van der Waals surface area contributed by atoms with Gasteiger partial charge in [0.25, 0.3) is 0 Å². The predicted molar refractivity (Wildman–Crippen MR) is 84.7 cm³/mol. The maximum atomic E-state index is 13.4. The molecule has 2 rings (SSSR count). The summed E-state index contributed by atoms with van der Waals surface area (Å²) in [6.45, 7) is 7.34. The van der Waals surface area contributed by atoms with E-state index in [0.29, 0.717) is 25.2 Å². The number of benzene rings is 1. The lowest BCUT2D eigenvalue weighted by Crippen LogP contribution is -2.48. The van der Waals surface area contributed by atoms with Gasteiger partial charge in [0.15, 0.2) is 11.6 Å². The molecule has 1 aromatic rings. The maximum Gasteiger partial charge on any atom is 0.160 e. The second-order valence-corrected chi connectivity index (χ2v) is 7.48. The molecule has 0 bridgehead atoms. The van der Waals surface area contributed by atoms with Crippen LogP contribution in [-0.2, 0) is 0 Å². The minimum absolute atomic E-state index is 0.0287. The number of halogens is 2. The van der Waals surface area contributed by atoms with Crippen LogP contribution in [-0.4, -0.2) is 30.3 Å². The van der Waals surface area contributed by atoms with Crippen molar-refractivity contribution in [3.8, 4) is 0 Å². The molecule has 1 saturated heterocycles. The van der Waals surface area contributed by atoms with Crippen molar-refractivity contribution in [2.75, 3.05) is 18.0 Å². The Hall–Kier alpha value is -1.20. The van der Waals surface area contributed by atoms with Gasteiger partial charge in [0.1, 0.15) is 0 Å². The molecule has 1 aliphatic rings. The third kappa shape index (κ3) is 4.17. The van der Waals surface area contributed by atoms with Crippen LogP contribution in [0.5, 0.6) is 0 Å². The van der Waals surface area contributed by atoms with Crippen molar-refractivity contribution >= 4 is 5.69 Å². The van der Waals surface area contributed by atoms with Crippen LogP contribution in [0.1, 0.15) is 33.6 Å². The first-order valence-corrected chi connectivity index (χ1v) is 7.80. The summed E-state index contributed by atoms with van der Waals surface area (Å²) in [5.41, 5.74) is 6.59. The third-order valence-electron chi connectivity index (χ3n) is 4.39. The molecule has 1 heterocycles. The molecule has 0 amide bonds. The van der Waals surface area contributed by atoms with Gasteiger partial charge in [-0.15, -0.1) is 0 Å². The van der Waals surface area contributed by atoms with E-state index in [2.05, 4.69) is 0 Å². The number of aliphatic hydroxyl groups is 1. The van der Waals surface area contributed by atoms with Crippen LogP contribution < -0.4 is 10.6 Å². The summed E-state index contributed by atoms with van der Waals surface area (Å²) in [4.78, 5) is 1.98. The Kier molecular flexibility index (Phi) is 5.07. The number of piperidine rings is 1. The average molecular weight is 312 g/mol. The molecule has 0 saturated carbocycles. The normalized spacial score (nSPS) is 24.4. The van der Waals surface area contributed by atoms with Crippen molar-refractivity contribution in [2.24, 2.45) is 17.1 Å². The van der Waals surface area contributed by atoms with Crippen molar-refractivity contribution in [2.45, 2.75) is 45.8 Å². The molecule has 3 atom stereocenters. The van der Waals surface area contributed by atoms with Gasteiger partial charge in [0.2, 0.25) is 0 Å².